The standard InChI is InChI=1S/C18H16Br2N2O4S/c1-9(2)26-12-5-3-10(4-6-12)16(23)22-18(27)21-15-13(17(24)25)7-11(19)8-14(15)20/h3-9H,1-2H3,(H,24,25)(H2,21,22,23,27). The highest BCUT2D eigenvalue weighted by atomic mass is 79.9. The van der Waals surface area contributed by atoms with E-state index in [0.29, 0.717) is 20.3 Å². The Balaban J connectivity index is 2.10. The molecule has 0 aliphatic heterocycles. The van der Waals surface area contributed by atoms with Gasteiger partial charge in [-0.25, -0.2) is 4.79 Å². The third kappa shape index (κ3) is 6.02. The Bertz CT molecular complexity index is 886. The van der Waals surface area contributed by atoms with E-state index in [1.807, 2.05) is 13.8 Å². The molecule has 0 radical (unpaired) electrons. The lowest BCUT2D eigenvalue weighted by atomic mass is 10.2. The number of carbonyl (C=O) groups is 2. The first-order valence-electron chi connectivity index (χ1n) is 7.78. The van der Waals surface area contributed by atoms with Gasteiger partial charge < -0.3 is 15.2 Å². The summed E-state index contributed by atoms with van der Waals surface area (Å²) in [6.07, 6.45) is 0.0363. The topological polar surface area (TPSA) is 87.7 Å². The minimum atomic E-state index is -1.13. The lowest BCUT2D eigenvalue weighted by molar-refractivity contribution is 0.0697. The largest absolute Gasteiger partial charge is 0.491 e. The number of nitrogens with one attached hydrogen (secondary N) is 2. The van der Waals surface area contributed by atoms with Gasteiger partial charge in [-0.2, -0.15) is 0 Å². The molecule has 0 fully saturated rings. The van der Waals surface area contributed by atoms with E-state index in [0.717, 1.165) is 0 Å². The van der Waals surface area contributed by atoms with Crippen LogP contribution in [0.25, 0.3) is 0 Å². The van der Waals surface area contributed by atoms with Crippen molar-refractivity contribution in [2.45, 2.75) is 20.0 Å². The van der Waals surface area contributed by atoms with E-state index >= 15 is 0 Å². The second-order valence-corrected chi connectivity index (χ2v) is 7.89. The number of halogens is 2. The number of benzene rings is 2. The van der Waals surface area contributed by atoms with Crippen molar-refractivity contribution in [1.29, 1.82) is 0 Å². The number of anilines is 1. The average molecular weight is 516 g/mol. The smallest absolute Gasteiger partial charge is 0.337 e. The molecule has 6 nitrogen and oxygen atoms in total. The molecule has 1 amide bonds. The molecule has 9 heteroatoms. The van der Waals surface area contributed by atoms with Crippen molar-refractivity contribution in [2.24, 2.45) is 0 Å². The van der Waals surface area contributed by atoms with Crippen molar-refractivity contribution in [1.82, 2.24) is 5.32 Å². The number of hydrogen-bond acceptors (Lipinski definition) is 4. The monoisotopic (exact) mass is 514 g/mol. The van der Waals surface area contributed by atoms with Crippen LogP contribution in [0, 0.1) is 0 Å². The third-order valence-electron chi connectivity index (χ3n) is 3.24. The van der Waals surface area contributed by atoms with Crippen molar-refractivity contribution >= 4 is 66.8 Å². The number of aromatic carboxylic acids is 1. The minimum absolute atomic E-state index is 0.00281. The van der Waals surface area contributed by atoms with E-state index in [1.54, 1.807) is 30.3 Å². The molecule has 0 unspecified atom stereocenters. The zero-order valence-corrected chi connectivity index (χ0v) is 18.4. The van der Waals surface area contributed by atoms with E-state index < -0.39 is 11.9 Å². The fourth-order valence-electron chi connectivity index (χ4n) is 2.15. The van der Waals surface area contributed by atoms with E-state index in [9.17, 15) is 14.7 Å². The van der Waals surface area contributed by atoms with Crippen LogP contribution in [-0.4, -0.2) is 28.2 Å². The van der Waals surface area contributed by atoms with Gasteiger partial charge in [0.2, 0.25) is 0 Å². The highest BCUT2D eigenvalue weighted by Gasteiger charge is 2.17. The molecule has 0 saturated heterocycles. The first-order valence-corrected chi connectivity index (χ1v) is 9.78. The molecule has 0 atom stereocenters. The molecule has 0 aromatic heterocycles. The molecule has 2 aromatic rings. The van der Waals surface area contributed by atoms with Gasteiger partial charge in [-0.1, -0.05) is 15.9 Å². The maximum Gasteiger partial charge on any atom is 0.337 e. The van der Waals surface area contributed by atoms with E-state index in [4.69, 9.17) is 17.0 Å². The molecule has 0 saturated carbocycles. The maximum atomic E-state index is 12.3. The number of amides is 1. The molecule has 2 aromatic carbocycles. The van der Waals surface area contributed by atoms with Gasteiger partial charge >= 0.3 is 5.97 Å². The highest BCUT2D eigenvalue weighted by Crippen LogP contribution is 2.30. The SMILES string of the molecule is CC(C)Oc1ccc(C(=O)NC(=S)Nc2c(Br)cc(Br)cc2C(=O)O)cc1. The van der Waals surface area contributed by atoms with Crippen molar-refractivity contribution < 1.29 is 19.4 Å². The summed E-state index contributed by atoms with van der Waals surface area (Å²) in [6, 6.07) is 9.74. The van der Waals surface area contributed by atoms with Crippen molar-refractivity contribution in [2.75, 3.05) is 5.32 Å². The summed E-state index contributed by atoms with van der Waals surface area (Å²) >= 11 is 11.7. The lowest BCUT2D eigenvalue weighted by Gasteiger charge is -2.14. The van der Waals surface area contributed by atoms with Crippen molar-refractivity contribution in [3.05, 3.63) is 56.5 Å². The second-order valence-electron chi connectivity index (χ2n) is 5.71. The predicted molar refractivity (Wildman–Crippen MR) is 115 cm³/mol. The summed E-state index contributed by atoms with van der Waals surface area (Å²) in [7, 11) is 0. The molecule has 0 heterocycles. The molecule has 142 valence electrons. The van der Waals surface area contributed by atoms with E-state index in [2.05, 4.69) is 42.5 Å². The average Bonchev–Trinajstić information content (AvgIpc) is 2.56. The molecule has 3 N–H and O–H groups in total. The number of ether oxygens (including phenoxy) is 1. The summed E-state index contributed by atoms with van der Waals surface area (Å²) in [5.41, 5.74) is 0.642. The summed E-state index contributed by atoms with van der Waals surface area (Å²) in [5, 5.41) is 14.6. The lowest BCUT2D eigenvalue weighted by Crippen LogP contribution is -2.34. The van der Waals surface area contributed by atoms with Crippen LogP contribution in [0.15, 0.2) is 45.3 Å². The Hall–Kier alpha value is -1.97. The Morgan fingerprint density at radius 1 is 1.15 bits per heavy atom. The summed E-state index contributed by atoms with van der Waals surface area (Å²) in [5.74, 6) is -0.893. The van der Waals surface area contributed by atoms with Crippen LogP contribution in [0.2, 0.25) is 0 Å². The zero-order valence-electron chi connectivity index (χ0n) is 14.4. The van der Waals surface area contributed by atoms with Crippen LogP contribution >= 0.6 is 44.1 Å². The number of rotatable bonds is 5. The van der Waals surface area contributed by atoms with Crippen LogP contribution < -0.4 is 15.4 Å². The van der Waals surface area contributed by atoms with Gasteiger partial charge in [-0.05, 0) is 78.4 Å². The number of thiocarbonyl (C=S) groups is 1. The molecule has 27 heavy (non-hydrogen) atoms. The number of carboxylic acids is 1. The fourth-order valence-corrected chi connectivity index (χ4v) is 3.67. The number of hydrogen-bond donors (Lipinski definition) is 3. The van der Waals surface area contributed by atoms with Gasteiger partial charge in [0.25, 0.3) is 5.91 Å². The Labute approximate surface area is 178 Å². The normalized spacial score (nSPS) is 10.4. The van der Waals surface area contributed by atoms with Gasteiger partial charge in [-0.15, -0.1) is 0 Å². The Morgan fingerprint density at radius 3 is 2.33 bits per heavy atom. The van der Waals surface area contributed by atoms with Crippen molar-refractivity contribution in [3.63, 3.8) is 0 Å². The van der Waals surface area contributed by atoms with Gasteiger partial charge in [0.05, 0.1) is 17.4 Å². The van der Waals surface area contributed by atoms with Crippen LogP contribution in [0.1, 0.15) is 34.6 Å². The number of carbonyl (C=O) groups excluding carboxylic acids is 1. The molecule has 0 spiro atoms. The first-order chi connectivity index (χ1) is 12.7. The highest BCUT2D eigenvalue weighted by molar-refractivity contribution is 9.11. The molecular formula is C18H16Br2N2O4S. The van der Waals surface area contributed by atoms with Crippen LogP contribution in [0.3, 0.4) is 0 Å². The second kappa shape index (κ2) is 9.29. The zero-order chi connectivity index (χ0) is 20.1. The van der Waals surface area contributed by atoms with Gasteiger partial charge in [0, 0.05) is 14.5 Å². The van der Waals surface area contributed by atoms with Crippen LogP contribution in [0.5, 0.6) is 5.75 Å². The molecule has 0 aliphatic rings. The fraction of sp³-hybridized carbons (Fsp3) is 0.167. The summed E-state index contributed by atoms with van der Waals surface area (Å²) < 4.78 is 6.61. The Morgan fingerprint density at radius 2 is 1.78 bits per heavy atom. The first kappa shape index (κ1) is 21.3. The van der Waals surface area contributed by atoms with Gasteiger partial charge in [0.15, 0.2) is 5.11 Å². The van der Waals surface area contributed by atoms with Gasteiger partial charge in [0.1, 0.15) is 5.75 Å². The van der Waals surface area contributed by atoms with E-state index in [-0.39, 0.29) is 22.5 Å². The summed E-state index contributed by atoms with van der Waals surface area (Å²) in [6.45, 7) is 3.83. The maximum absolute atomic E-state index is 12.3. The molecule has 0 bridgehead atoms. The number of carboxylic acid groups (broad SMARTS) is 1. The van der Waals surface area contributed by atoms with Crippen LogP contribution in [0.4, 0.5) is 5.69 Å². The van der Waals surface area contributed by atoms with Crippen LogP contribution in [-0.2, 0) is 0 Å². The van der Waals surface area contributed by atoms with Crippen molar-refractivity contribution in [3.8, 4) is 5.75 Å². The molecule has 2 rings (SSSR count). The molecular weight excluding hydrogens is 500 g/mol. The van der Waals surface area contributed by atoms with Gasteiger partial charge in [-0.3, -0.25) is 10.1 Å². The Kier molecular flexibility index (Phi) is 7.34. The minimum Gasteiger partial charge on any atom is -0.491 e. The predicted octanol–water partition coefficient (Wildman–Crippen LogP) is 4.82. The van der Waals surface area contributed by atoms with E-state index in [1.165, 1.54) is 6.07 Å². The summed E-state index contributed by atoms with van der Waals surface area (Å²) in [4.78, 5) is 23.8. The quantitative estimate of drug-likeness (QED) is 0.494. The molecule has 0 aliphatic carbocycles. The third-order valence-corrected chi connectivity index (χ3v) is 4.53.